The van der Waals surface area contributed by atoms with Crippen LogP contribution in [0, 0.1) is 0 Å². The molecule has 16 heavy (non-hydrogen) atoms. The number of carboxylic acid groups (broad SMARTS) is 1. The van der Waals surface area contributed by atoms with E-state index in [4.69, 9.17) is 9.84 Å². The van der Waals surface area contributed by atoms with Crippen LogP contribution in [0.25, 0.3) is 0 Å². The SMILES string of the molecule is O=C(O)c1ncccc1OCc1ccsc1. The highest BCUT2D eigenvalue weighted by Crippen LogP contribution is 2.17. The summed E-state index contributed by atoms with van der Waals surface area (Å²) in [7, 11) is 0. The fourth-order valence-electron chi connectivity index (χ4n) is 1.20. The van der Waals surface area contributed by atoms with E-state index < -0.39 is 5.97 Å². The van der Waals surface area contributed by atoms with Crippen LogP contribution < -0.4 is 4.74 Å². The monoisotopic (exact) mass is 235 g/mol. The molecule has 2 heterocycles. The molecule has 4 nitrogen and oxygen atoms in total. The highest BCUT2D eigenvalue weighted by atomic mass is 32.1. The van der Waals surface area contributed by atoms with Gasteiger partial charge in [-0.25, -0.2) is 9.78 Å². The summed E-state index contributed by atoms with van der Waals surface area (Å²) in [5.74, 6) is -0.790. The van der Waals surface area contributed by atoms with E-state index in [0.29, 0.717) is 12.4 Å². The molecular formula is C11H9NO3S. The number of nitrogens with zero attached hydrogens (tertiary/aromatic N) is 1. The minimum atomic E-state index is -1.08. The Labute approximate surface area is 96.1 Å². The van der Waals surface area contributed by atoms with Gasteiger partial charge in [-0.2, -0.15) is 11.3 Å². The molecule has 82 valence electrons. The molecule has 2 aromatic rings. The van der Waals surface area contributed by atoms with Crippen molar-refractivity contribution in [2.24, 2.45) is 0 Å². The summed E-state index contributed by atoms with van der Waals surface area (Å²) in [5.41, 5.74) is 0.961. The lowest BCUT2D eigenvalue weighted by Gasteiger charge is -2.06. The number of carbonyl (C=O) groups is 1. The Hall–Kier alpha value is -1.88. The molecule has 1 N–H and O–H groups in total. The second-order valence-electron chi connectivity index (χ2n) is 3.08. The molecule has 0 atom stereocenters. The van der Waals surface area contributed by atoms with Crippen LogP contribution in [0.5, 0.6) is 5.75 Å². The molecule has 0 aliphatic rings. The van der Waals surface area contributed by atoms with Crippen molar-refractivity contribution in [1.29, 1.82) is 0 Å². The third kappa shape index (κ3) is 2.38. The molecule has 2 aromatic heterocycles. The first-order chi connectivity index (χ1) is 7.77. The van der Waals surface area contributed by atoms with Crippen molar-refractivity contribution in [3.63, 3.8) is 0 Å². The Bertz CT molecular complexity index is 482. The van der Waals surface area contributed by atoms with Gasteiger partial charge in [-0.1, -0.05) is 0 Å². The molecular weight excluding hydrogens is 226 g/mol. The van der Waals surface area contributed by atoms with Gasteiger partial charge in [0.15, 0.2) is 11.4 Å². The molecule has 0 aliphatic carbocycles. The number of pyridine rings is 1. The number of aromatic carboxylic acids is 1. The molecule has 0 aliphatic heterocycles. The molecule has 2 rings (SSSR count). The largest absolute Gasteiger partial charge is 0.486 e. The maximum absolute atomic E-state index is 10.8. The van der Waals surface area contributed by atoms with Crippen LogP contribution in [0.1, 0.15) is 16.1 Å². The van der Waals surface area contributed by atoms with Crippen LogP contribution in [0.2, 0.25) is 0 Å². The van der Waals surface area contributed by atoms with Gasteiger partial charge in [0, 0.05) is 6.20 Å². The van der Waals surface area contributed by atoms with Gasteiger partial charge in [0.2, 0.25) is 0 Å². The van der Waals surface area contributed by atoms with Crippen LogP contribution >= 0.6 is 11.3 Å². The Morgan fingerprint density at radius 3 is 3.06 bits per heavy atom. The van der Waals surface area contributed by atoms with Gasteiger partial charge in [-0.15, -0.1) is 0 Å². The number of carboxylic acids is 1. The van der Waals surface area contributed by atoms with Gasteiger partial charge < -0.3 is 9.84 Å². The second kappa shape index (κ2) is 4.76. The average Bonchev–Trinajstić information content (AvgIpc) is 2.79. The van der Waals surface area contributed by atoms with Gasteiger partial charge in [0.1, 0.15) is 6.61 Å². The molecule has 0 radical (unpaired) electrons. The molecule has 0 saturated heterocycles. The summed E-state index contributed by atoms with van der Waals surface area (Å²) in [6.07, 6.45) is 1.43. The topological polar surface area (TPSA) is 59.4 Å². The number of hydrogen-bond donors (Lipinski definition) is 1. The second-order valence-corrected chi connectivity index (χ2v) is 3.86. The van der Waals surface area contributed by atoms with E-state index in [1.165, 1.54) is 6.20 Å². The standard InChI is InChI=1S/C11H9NO3S/c13-11(14)10-9(2-1-4-12-10)15-6-8-3-5-16-7-8/h1-5,7H,6H2,(H,13,14). The number of ether oxygens (including phenoxy) is 1. The molecule has 0 amide bonds. The quantitative estimate of drug-likeness (QED) is 0.884. The van der Waals surface area contributed by atoms with Gasteiger partial charge in [-0.3, -0.25) is 0 Å². The maximum atomic E-state index is 10.8. The zero-order chi connectivity index (χ0) is 11.4. The van der Waals surface area contributed by atoms with E-state index >= 15 is 0 Å². The van der Waals surface area contributed by atoms with Crippen molar-refractivity contribution >= 4 is 17.3 Å². The van der Waals surface area contributed by atoms with Gasteiger partial charge >= 0.3 is 5.97 Å². The van der Waals surface area contributed by atoms with Crippen LogP contribution in [-0.4, -0.2) is 16.1 Å². The fourth-order valence-corrected chi connectivity index (χ4v) is 1.86. The van der Waals surface area contributed by atoms with E-state index in [-0.39, 0.29) is 5.69 Å². The van der Waals surface area contributed by atoms with Crippen LogP contribution in [0.3, 0.4) is 0 Å². The molecule has 0 unspecified atom stereocenters. The van der Waals surface area contributed by atoms with Gasteiger partial charge in [0.25, 0.3) is 0 Å². The van der Waals surface area contributed by atoms with Crippen LogP contribution in [0.4, 0.5) is 0 Å². The third-order valence-electron chi connectivity index (χ3n) is 1.95. The summed E-state index contributed by atoms with van der Waals surface area (Å²) in [5, 5.41) is 12.8. The molecule has 0 bridgehead atoms. The summed E-state index contributed by atoms with van der Waals surface area (Å²) in [6, 6.07) is 5.18. The van der Waals surface area contributed by atoms with Crippen LogP contribution in [0.15, 0.2) is 35.2 Å². The van der Waals surface area contributed by atoms with Crippen LogP contribution in [-0.2, 0) is 6.61 Å². The predicted molar refractivity (Wildman–Crippen MR) is 59.8 cm³/mol. The molecule has 0 saturated carbocycles. The average molecular weight is 235 g/mol. The van der Waals surface area contributed by atoms with E-state index in [1.807, 2.05) is 16.8 Å². The lowest BCUT2D eigenvalue weighted by atomic mass is 10.3. The van der Waals surface area contributed by atoms with Crippen molar-refractivity contribution in [1.82, 2.24) is 4.98 Å². The molecule has 5 heteroatoms. The Morgan fingerprint density at radius 1 is 1.50 bits per heavy atom. The van der Waals surface area contributed by atoms with Crippen molar-refractivity contribution in [2.45, 2.75) is 6.61 Å². The Balaban J connectivity index is 2.12. The first-order valence-corrected chi connectivity index (χ1v) is 5.54. The smallest absolute Gasteiger partial charge is 0.358 e. The number of thiophene rings is 1. The Morgan fingerprint density at radius 2 is 2.38 bits per heavy atom. The van der Waals surface area contributed by atoms with E-state index in [2.05, 4.69) is 4.98 Å². The zero-order valence-corrected chi connectivity index (χ0v) is 9.11. The van der Waals surface area contributed by atoms with E-state index in [0.717, 1.165) is 5.56 Å². The summed E-state index contributed by atoms with van der Waals surface area (Å²) < 4.78 is 5.41. The normalized spacial score (nSPS) is 10.0. The number of rotatable bonds is 4. The maximum Gasteiger partial charge on any atom is 0.358 e. The minimum absolute atomic E-state index is 0.0577. The zero-order valence-electron chi connectivity index (χ0n) is 8.29. The molecule has 0 aromatic carbocycles. The lowest BCUT2D eigenvalue weighted by Crippen LogP contribution is -2.05. The first kappa shape index (κ1) is 10.6. The summed E-state index contributed by atoms with van der Waals surface area (Å²) in [4.78, 5) is 14.6. The molecule has 0 spiro atoms. The Kier molecular flexibility index (Phi) is 3.16. The van der Waals surface area contributed by atoms with Crippen molar-refractivity contribution < 1.29 is 14.6 Å². The van der Waals surface area contributed by atoms with Crippen molar-refractivity contribution in [3.05, 3.63) is 46.4 Å². The predicted octanol–water partition coefficient (Wildman–Crippen LogP) is 2.42. The lowest BCUT2D eigenvalue weighted by molar-refractivity contribution is 0.0685. The van der Waals surface area contributed by atoms with E-state index in [9.17, 15) is 4.79 Å². The molecule has 0 fully saturated rings. The number of aromatic nitrogens is 1. The number of hydrogen-bond acceptors (Lipinski definition) is 4. The minimum Gasteiger partial charge on any atom is -0.486 e. The third-order valence-corrected chi connectivity index (χ3v) is 2.68. The summed E-state index contributed by atoms with van der Waals surface area (Å²) in [6.45, 7) is 0.357. The highest BCUT2D eigenvalue weighted by Gasteiger charge is 2.11. The van der Waals surface area contributed by atoms with Crippen molar-refractivity contribution in [3.8, 4) is 5.75 Å². The van der Waals surface area contributed by atoms with E-state index in [1.54, 1.807) is 23.5 Å². The van der Waals surface area contributed by atoms with Gasteiger partial charge in [0.05, 0.1) is 0 Å². The first-order valence-electron chi connectivity index (χ1n) is 4.59. The summed E-state index contributed by atoms with van der Waals surface area (Å²) >= 11 is 1.57. The fraction of sp³-hybridized carbons (Fsp3) is 0.0909. The highest BCUT2D eigenvalue weighted by molar-refractivity contribution is 7.07. The van der Waals surface area contributed by atoms with Crippen molar-refractivity contribution in [2.75, 3.05) is 0 Å². The van der Waals surface area contributed by atoms with Gasteiger partial charge in [-0.05, 0) is 34.5 Å².